The first-order valence-electron chi connectivity index (χ1n) is 12.4. The smallest absolute Gasteiger partial charge is 0.253 e. The lowest BCUT2D eigenvalue weighted by atomic mass is 10.0. The van der Waals surface area contributed by atoms with Crippen molar-refractivity contribution in [2.24, 2.45) is 0 Å². The Bertz CT molecular complexity index is 1360. The minimum absolute atomic E-state index is 0.104. The van der Waals surface area contributed by atoms with Gasteiger partial charge in [0.1, 0.15) is 11.6 Å². The molecule has 1 saturated heterocycles. The average molecular weight is 465 g/mol. The summed E-state index contributed by atoms with van der Waals surface area (Å²) in [4.78, 5) is 27.3. The van der Waals surface area contributed by atoms with Gasteiger partial charge < -0.3 is 9.80 Å². The van der Waals surface area contributed by atoms with E-state index in [1.807, 2.05) is 42.2 Å². The van der Waals surface area contributed by atoms with Crippen LogP contribution in [0.15, 0.2) is 66.7 Å². The minimum atomic E-state index is 0.104. The van der Waals surface area contributed by atoms with Gasteiger partial charge in [0, 0.05) is 49.4 Å². The third-order valence-corrected chi connectivity index (χ3v) is 6.88. The van der Waals surface area contributed by atoms with Crippen molar-refractivity contribution in [2.45, 2.75) is 33.6 Å². The highest BCUT2D eigenvalue weighted by atomic mass is 16.2. The fourth-order valence-electron chi connectivity index (χ4n) is 4.93. The zero-order chi connectivity index (χ0) is 24.4. The number of aromatic nitrogens is 2. The molecule has 1 aliphatic rings. The fourth-order valence-corrected chi connectivity index (χ4v) is 4.93. The molecular weight excluding hydrogens is 432 g/mol. The van der Waals surface area contributed by atoms with Crippen LogP contribution in [-0.2, 0) is 6.42 Å². The Morgan fingerprint density at radius 2 is 1.60 bits per heavy atom. The molecule has 5 rings (SSSR count). The Balaban J connectivity index is 1.36. The summed E-state index contributed by atoms with van der Waals surface area (Å²) < 4.78 is 0. The zero-order valence-electron chi connectivity index (χ0n) is 20.8. The third kappa shape index (κ3) is 5.04. The van der Waals surface area contributed by atoms with Crippen LogP contribution in [0.4, 0.5) is 5.82 Å². The number of anilines is 1. The molecule has 1 amide bonds. The molecule has 35 heavy (non-hydrogen) atoms. The highest BCUT2D eigenvalue weighted by Gasteiger charge is 2.24. The van der Waals surface area contributed by atoms with Crippen molar-refractivity contribution >= 4 is 22.5 Å². The number of nitrogens with zero attached hydrogens (tertiary/aromatic N) is 4. The van der Waals surface area contributed by atoms with E-state index >= 15 is 0 Å². The summed E-state index contributed by atoms with van der Waals surface area (Å²) in [6.45, 7) is 9.21. The summed E-state index contributed by atoms with van der Waals surface area (Å²) in [5.74, 6) is 1.90. The van der Waals surface area contributed by atoms with Crippen LogP contribution in [-0.4, -0.2) is 47.0 Å². The van der Waals surface area contributed by atoms with E-state index in [2.05, 4.69) is 60.1 Å². The van der Waals surface area contributed by atoms with Gasteiger partial charge in [-0.3, -0.25) is 4.79 Å². The zero-order valence-corrected chi connectivity index (χ0v) is 20.8. The average Bonchev–Trinajstić information content (AvgIpc) is 3.12. The highest BCUT2D eigenvalue weighted by Crippen LogP contribution is 2.26. The van der Waals surface area contributed by atoms with Gasteiger partial charge in [0.15, 0.2) is 0 Å². The maximum absolute atomic E-state index is 13.4. The molecule has 1 aromatic heterocycles. The van der Waals surface area contributed by atoms with Crippen molar-refractivity contribution in [2.75, 3.05) is 31.1 Å². The van der Waals surface area contributed by atoms with E-state index in [-0.39, 0.29) is 5.91 Å². The molecular formula is C30H32N4O. The van der Waals surface area contributed by atoms with E-state index < -0.39 is 0 Å². The summed E-state index contributed by atoms with van der Waals surface area (Å²) in [5.41, 5.74) is 5.48. The first-order valence-corrected chi connectivity index (χ1v) is 12.4. The fraction of sp³-hybridized carbons (Fsp3) is 0.300. The summed E-state index contributed by atoms with van der Waals surface area (Å²) in [6.07, 6.45) is 1.71. The van der Waals surface area contributed by atoms with Crippen LogP contribution in [0, 0.1) is 20.8 Å². The first-order chi connectivity index (χ1) is 17.0. The number of fused-ring (bicyclic) bond motifs is 1. The molecule has 0 unspecified atom stereocenters. The number of benzene rings is 3. The monoisotopic (exact) mass is 464 g/mol. The standard InChI is InChI=1S/C30H32N4O/c1-21-9-11-24(12-10-21)19-28-22(2)31-23(3)32-29(28)33-15-6-16-34(18-17-33)30(35)27-14-13-25-7-4-5-8-26(25)20-27/h4-5,7-14,20H,6,15-19H2,1-3H3. The lowest BCUT2D eigenvalue weighted by molar-refractivity contribution is 0.0767. The van der Waals surface area contributed by atoms with Gasteiger partial charge in [-0.2, -0.15) is 0 Å². The SMILES string of the molecule is Cc1ccc(Cc2c(C)nc(C)nc2N2CCCN(C(=O)c3ccc4ccccc4c3)CC2)cc1. The van der Waals surface area contributed by atoms with E-state index in [4.69, 9.17) is 4.98 Å². The van der Waals surface area contributed by atoms with Crippen LogP contribution in [0.25, 0.3) is 10.8 Å². The van der Waals surface area contributed by atoms with Crippen molar-refractivity contribution in [1.29, 1.82) is 0 Å². The van der Waals surface area contributed by atoms with E-state index in [1.165, 1.54) is 16.7 Å². The maximum atomic E-state index is 13.4. The number of rotatable bonds is 4. The van der Waals surface area contributed by atoms with E-state index in [0.717, 1.165) is 66.1 Å². The predicted molar refractivity (Wildman–Crippen MR) is 142 cm³/mol. The molecule has 0 spiro atoms. The second-order valence-electron chi connectivity index (χ2n) is 9.52. The number of hydrogen-bond acceptors (Lipinski definition) is 4. The largest absolute Gasteiger partial charge is 0.354 e. The van der Waals surface area contributed by atoms with Crippen LogP contribution in [0.5, 0.6) is 0 Å². The Morgan fingerprint density at radius 1 is 0.829 bits per heavy atom. The quantitative estimate of drug-likeness (QED) is 0.400. The van der Waals surface area contributed by atoms with Crippen LogP contribution >= 0.6 is 0 Å². The van der Waals surface area contributed by atoms with Gasteiger partial charge >= 0.3 is 0 Å². The summed E-state index contributed by atoms with van der Waals surface area (Å²) >= 11 is 0. The normalized spacial score (nSPS) is 14.3. The number of carbonyl (C=O) groups is 1. The van der Waals surface area contributed by atoms with Crippen LogP contribution in [0.3, 0.4) is 0 Å². The third-order valence-electron chi connectivity index (χ3n) is 6.88. The molecule has 1 aliphatic heterocycles. The Morgan fingerprint density at radius 3 is 2.40 bits per heavy atom. The second kappa shape index (κ2) is 9.87. The molecule has 178 valence electrons. The number of amides is 1. The predicted octanol–water partition coefficient (Wildman–Crippen LogP) is 5.50. The van der Waals surface area contributed by atoms with E-state index in [9.17, 15) is 4.79 Å². The summed E-state index contributed by atoms with van der Waals surface area (Å²) in [5, 5.41) is 2.25. The molecule has 3 aromatic carbocycles. The van der Waals surface area contributed by atoms with E-state index in [0.29, 0.717) is 6.54 Å². The van der Waals surface area contributed by atoms with Gasteiger partial charge in [-0.1, -0.05) is 60.2 Å². The molecule has 0 atom stereocenters. The molecule has 5 nitrogen and oxygen atoms in total. The lowest BCUT2D eigenvalue weighted by Crippen LogP contribution is -2.35. The molecule has 1 fully saturated rings. The van der Waals surface area contributed by atoms with Gasteiger partial charge in [-0.25, -0.2) is 9.97 Å². The lowest BCUT2D eigenvalue weighted by Gasteiger charge is -2.26. The van der Waals surface area contributed by atoms with Crippen LogP contribution in [0.1, 0.15) is 45.0 Å². The Labute approximate surface area is 207 Å². The van der Waals surface area contributed by atoms with Gasteiger partial charge in [0.05, 0.1) is 0 Å². The van der Waals surface area contributed by atoms with Crippen molar-refractivity contribution in [3.63, 3.8) is 0 Å². The van der Waals surface area contributed by atoms with Crippen molar-refractivity contribution in [1.82, 2.24) is 14.9 Å². The van der Waals surface area contributed by atoms with Crippen LogP contribution < -0.4 is 4.90 Å². The molecule has 2 heterocycles. The number of hydrogen-bond donors (Lipinski definition) is 0. The maximum Gasteiger partial charge on any atom is 0.253 e. The Kier molecular flexibility index (Phi) is 6.49. The number of carbonyl (C=O) groups excluding carboxylic acids is 1. The second-order valence-corrected chi connectivity index (χ2v) is 9.52. The molecule has 0 bridgehead atoms. The highest BCUT2D eigenvalue weighted by molar-refractivity contribution is 5.98. The van der Waals surface area contributed by atoms with Gasteiger partial charge in [0.2, 0.25) is 0 Å². The molecule has 0 radical (unpaired) electrons. The molecule has 0 saturated carbocycles. The van der Waals surface area contributed by atoms with Gasteiger partial charge in [0.25, 0.3) is 5.91 Å². The minimum Gasteiger partial charge on any atom is -0.354 e. The topological polar surface area (TPSA) is 49.3 Å². The van der Waals surface area contributed by atoms with Crippen molar-refractivity contribution in [3.05, 3.63) is 101 Å². The molecule has 0 N–H and O–H groups in total. The van der Waals surface area contributed by atoms with Crippen LogP contribution in [0.2, 0.25) is 0 Å². The molecule has 4 aromatic rings. The molecule has 0 aliphatic carbocycles. The molecule has 5 heteroatoms. The Hall–Kier alpha value is -3.73. The van der Waals surface area contributed by atoms with Gasteiger partial charge in [-0.05, 0) is 55.7 Å². The first kappa shape index (κ1) is 23.0. The summed E-state index contributed by atoms with van der Waals surface area (Å²) in [6, 6.07) is 22.9. The van der Waals surface area contributed by atoms with Crippen molar-refractivity contribution in [3.8, 4) is 0 Å². The van der Waals surface area contributed by atoms with E-state index in [1.54, 1.807) is 0 Å². The number of aryl methyl sites for hydroxylation is 3. The van der Waals surface area contributed by atoms with Crippen molar-refractivity contribution < 1.29 is 4.79 Å². The summed E-state index contributed by atoms with van der Waals surface area (Å²) in [7, 11) is 0. The van der Waals surface area contributed by atoms with Gasteiger partial charge in [-0.15, -0.1) is 0 Å².